The quantitative estimate of drug-likeness (QED) is 0.505. The molecule has 0 aliphatic carbocycles. The van der Waals surface area contributed by atoms with E-state index in [2.05, 4.69) is 0 Å². The molecule has 0 spiro atoms. The molecule has 0 heterocycles. The van der Waals surface area contributed by atoms with Crippen molar-refractivity contribution in [1.29, 1.82) is 0 Å². The first-order valence-corrected chi connectivity index (χ1v) is 5.05. The van der Waals surface area contributed by atoms with E-state index >= 15 is 0 Å². The highest BCUT2D eigenvalue weighted by atomic mass is 31.0. The van der Waals surface area contributed by atoms with Crippen LogP contribution in [0.25, 0.3) is 10.8 Å². The highest BCUT2D eigenvalue weighted by Crippen LogP contribution is 2.20. The molecule has 90 valence electrons. The van der Waals surface area contributed by atoms with E-state index in [4.69, 9.17) is 9.84 Å². The van der Waals surface area contributed by atoms with E-state index < -0.39 is 12.1 Å². The van der Waals surface area contributed by atoms with Gasteiger partial charge in [0.05, 0.1) is 0 Å². The van der Waals surface area contributed by atoms with E-state index in [1.807, 2.05) is 30.3 Å². The molecule has 0 aliphatic rings. The molecule has 3 nitrogen and oxygen atoms in total. The molecule has 2 unspecified atom stereocenters. The largest absolute Gasteiger partial charge is 0.425 e. The lowest BCUT2D eigenvalue weighted by Gasteiger charge is -2.06. The number of aliphatic hydroxyl groups is 1. The van der Waals surface area contributed by atoms with Gasteiger partial charge >= 0.3 is 5.97 Å². The highest BCUT2D eigenvalue weighted by molar-refractivity contribution is 6.92. The van der Waals surface area contributed by atoms with Crippen LogP contribution in [-0.2, 0) is 4.79 Å². The molecule has 2 rings (SSSR count). The molecule has 0 saturated carbocycles. The molecule has 0 aromatic heterocycles. The zero-order chi connectivity index (χ0) is 11.5. The number of carbonyl (C=O) groups excluding carboxylic acids is 1. The van der Waals surface area contributed by atoms with Crippen LogP contribution in [-0.4, -0.2) is 17.2 Å². The van der Waals surface area contributed by atoms with Gasteiger partial charge in [-0.05, 0) is 29.8 Å². The van der Waals surface area contributed by atoms with Crippen molar-refractivity contribution in [3.63, 3.8) is 0 Å². The number of hydrogen-bond donors (Lipinski definition) is 1. The molecule has 4 heteroatoms. The number of aliphatic hydroxyl groups excluding tert-OH is 1. The molecule has 0 saturated heterocycles. The summed E-state index contributed by atoms with van der Waals surface area (Å²) in [4.78, 5) is 11.2. The van der Waals surface area contributed by atoms with Crippen molar-refractivity contribution in [1.82, 2.24) is 0 Å². The smallest absolute Gasteiger partial charge is 0.340 e. The fourth-order valence-electron chi connectivity index (χ4n) is 1.43. The summed E-state index contributed by atoms with van der Waals surface area (Å²) >= 11 is 0. The molecule has 0 bridgehead atoms. The van der Waals surface area contributed by atoms with Crippen LogP contribution in [0.4, 0.5) is 0 Å². The van der Waals surface area contributed by atoms with E-state index in [0.29, 0.717) is 5.75 Å². The van der Waals surface area contributed by atoms with Crippen molar-refractivity contribution < 1.29 is 14.6 Å². The van der Waals surface area contributed by atoms with Gasteiger partial charge in [0.25, 0.3) is 0 Å². The summed E-state index contributed by atoms with van der Waals surface area (Å²) in [5.41, 5.74) is 0. The maximum atomic E-state index is 11.2. The Kier molecular flexibility index (Phi) is 4.62. The number of fused-ring (bicyclic) bond motifs is 1. The molecular formula is C13H15O3P. The zero-order valence-corrected chi connectivity index (χ0v) is 11.0. The summed E-state index contributed by atoms with van der Waals surface area (Å²) in [5, 5.41) is 11.1. The lowest BCUT2D eigenvalue weighted by atomic mass is 10.1. The van der Waals surface area contributed by atoms with E-state index in [-0.39, 0.29) is 9.90 Å². The number of ether oxygens (including phenoxy) is 1. The van der Waals surface area contributed by atoms with Crippen molar-refractivity contribution in [3.8, 4) is 5.75 Å². The van der Waals surface area contributed by atoms with Crippen LogP contribution in [0, 0.1) is 0 Å². The molecule has 2 atom stereocenters. The van der Waals surface area contributed by atoms with Gasteiger partial charge in [-0.15, -0.1) is 0 Å². The van der Waals surface area contributed by atoms with Gasteiger partial charge in [-0.3, -0.25) is 0 Å². The first kappa shape index (κ1) is 13.6. The van der Waals surface area contributed by atoms with Gasteiger partial charge in [-0.25, -0.2) is 4.79 Å². The summed E-state index contributed by atoms with van der Waals surface area (Å²) in [6.45, 7) is 1.38. The average molecular weight is 250 g/mol. The van der Waals surface area contributed by atoms with Gasteiger partial charge in [-0.2, -0.15) is 9.90 Å². The first-order chi connectivity index (χ1) is 7.66. The number of carbonyl (C=O) groups is 1. The van der Waals surface area contributed by atoms with Crippen molar-refractivity contribution in [2.45, 2.75) is 13.0 Å². The van der Waals surface area contributed by atoms with Crippen LogP contribution in [0.5, 0.6) is 5.75 Å². The Hall–Kier alpha value is -1.44. The number of benzene rings is 2. The zero-order valence-electron chi connectivity index (χ0n) is 9.59. The van der Waals surface area contributed by atoms with Gasteiger partial charge in [0.15, 0.2) is 0 Å². The lowest BCUT2D eigenvalue weighted by Crippen LogP contribution is -2.22. The van der Waals surface area contributed by atoms with Crippen molar-refractivity contribution in [2.24, 2.45) is 0 Å². The fourth-order valence-corrected chi connectivity index (χ4v) is 1.43. The minimum atomic E-state index is -1.11. The molecule has 0 fully saturated rings. The Labute approximate surface area is 103 Å². The summed E-state index contributed by atoms with van der Waals surface area (Å²) in [6, 6.07) is 13.1. The fraction of sp³-hybridized carbons (Fsp3) is 0.154. The van der Waals surface area contributed by atoms with Crippen LogP contribution in [0.2, 0.25) is 0 Å². The third-order valence-electron chi connectivity index (χ3n) is 2.28. The Morgan fingerprint density at radius 3 is 2.47 bits per heavy atom. The van der Waals surface area contributed by atoms with Crippen LogP contribution in [0.15, 0.2) is 42.5 Å². The van der Waals surface area contributed by atoms with Gasteiger partial charge < -0.3 is 9.84 Å². The predicted molar refractivity (Wildman–Crippen MR) is 72.4 cm³/mol. The number of esters is 1. The topological polar surface area (TPSA) is 46.5 Å². The Morgan fingerprint density at radius 1 is 1.18 bits per heavy atom. The van der Waals surface area contributed by atoms with Crippen LogP contribution < -0.4 is 4.74 Å². The predicted octanol–water partition coefficient (Wildman–Crippen LogP) is 2.18. The van der Waals surface area contributed by atoms with Crippen molar-refractivity contribution in [3.05, 3.63) is 42.5 Å². The summed E-state index contributed by atoms with van der Waals surface area (Å²) < 4.78 is 4.99. The second kappa shape index (κ2) is 5.76. The summed E-state index contributed by atoms with van der Waals surface area (Å²) in [5.74, 6) is -0.195. The van der Waals surface area contributed by atoms with Gasteiger partial charge in [-0.1, -0.05) is 30.3 Å². The van der Waals surface area contributed by atoms with Crippen LogP contribution >= 0.6 is 9.90 Å². The van der Waals surface area contributed by atoms with Gasteiger partial charge in [0.2, 0.25) is 0 Å². The lowest BCUT2D eigenvalue weighted by molar-refractivity contribution is -0.142. The molecular weight excluding hydrogens is 235 g/mol. The first-order valence-electron chi connectivity index (χ1n) is 5.05. The molecule has 2 aromatic carbocycles. The van der Waals surface area contributed by atoms with Crippen LogP contribution in [0.3, 0.4) is 0 Å². The standard InChI is InChI=1S/C13H12O3.H3P/c1-9(14)13(15)16-12-7-6-10-4-2-3-5-11(10)8-12;/h2-9,14H,1H3;1H3. The molecule has 17 heavy (non-hydrogen) atoms. The molecule has 1 N–H and O–H groups in total. The second-order valence-electron chi connectivity index (χ2n) is 3.61. The van der Waals surface area contributed by atoms with E-state index in [1.165, 1.54) is 6.92 Å². The Bertz CT molecular complexity index is 523. The molecule has 0 aliphatic heterocycles. The maximum absolute atomic E-state index is 11.2. The third kappa shape index (κ3) is 3.26. The van der Waals surface area contributed by atoms with E-state index in [9.17, 15) is 4.79 Å². The Balaban J connectivity index is 0.00000144. The monoisotopic (exact) mass is 250 g/mol. The third-order valence-corrected chi connectivity index (χ3v) is 2.28. The van der Waals surface area contributed by atoms with Crippen molar-refractivity contribution >= 4 is 26.6 Å². The molecule has 0 radical (unpaired) electrons. The average Bonchev–Trinajstić information content (AvgIpc) is 2.28. The van der Waals surface area contributed by atoms with Gasteiger partial charge in [0.1, 0.15) is 11.9 Å². The molecule has 0 amide bonds. The summed E-state index contributed by atoms with van der Waals surface area (Å²) in [6.07, 6.45) is -1.11. The van der Waals surface area contributed by atoms with E-state index in [0.717, 1.165) is 10.8 Å². The van der Waals surface area contributed by atoms with Crippen molar-refractivity contribution in [2.75, 3.05) is 0 Å². The van der Waals surface area contributed by atoms with E-state index in [1.54, 1.807) is 12.1 Å². The van der Waals surface area contributed by atoms with Crippen LogP contribution in [0.1, 0.15) is 6.92 Å². The number of hydrogen-bond acceptors (Lipinski definition) is 3. The molecule has 2 aromatic rings. The SMILES string of the molecule is CC(O)C(=O)Oc1ccc2ccccc2c1.P. The van der Waals surface area contributed by atoms with Gasteiger partial charge in [0, 0.05) is 0 Å². The highest BCUT2D eigenvalue weighted by Gasteiger charge is 2.11. The second-order valence-corrected chi connectivity index (χ2v) is 3.61. The Morgan fingerprint density at radius 2 is 1.82 bits per heavy atom. The minimum absolute atomic E-state index is 0. The number of rotatable bonds is 2. The minimum Gasteiger partial charge on any atom is -0.425 e. The normalized spacial score (nSPS) is 11.6. The maximum Gasteiger partial charge on any atom is 0.340 e. The summed E-state index contributed by atoms with van der Waals surface area (Å²) in [7, 11) is 0.